The van der Waals surface area contributed by atoms with Crippen LogP contribution in [0.25, 0.3) is 0 Å². The smallest absolute Gasteiger partial charge is 0.235 e. The van der Waals surface area contributed by atoms with Crippen LogP contribution in [0.3, 0.4) is 0 Å². The lowest BCUT2D eigenvalue weighted by Gasteiger charge is -2.26. The van der Waals surface area contributed by atoms with E-state index >= 15 is 0 Å². The van der Waals surface area contributed by atoms with Crippen molar-refractivity contribution < 1.29 is 4.74 Å². The zero-order valence-corrected chi connectivity index (χ0v) is 11.4. The minimum Gasteiger partial charge on any atom is -0.480 e. The number of methoxy groups -OCH3 is 1. The summed E-state index contributed by atoms with van der Waals surface area (Å²) < 4.78 is 5.36. The van der Waals surface area contributed by atoms with E-state index in [1.807, 2.05) is 0 Å². The Morgan fingerprint density at radius 3 is 2.78 bits per heavy atom. The van der Waals surface area contributed by atoms with Crippen LogP contribution in [0.15, 0.2) is 12.4 Å². The maximum absolute atomic E-state index is 5.36. The summed E-state index contributed by atoms with van der Waals surface area (Å²) in [6, 6.07) is 0.503. The van der Waals surface area contributed by atoms with Crippen LogP contribution >= 0.6 is 0 Å². The predicted molar refractivity (Wildman–Crippen MR) is 71.9 cm³/mol. The van der Waals surface area contributed by atoms with Gasteiger partial charge in [-0.1, -0.05) is 26.2 Å². The minimum absolute atomic E-state index is 0.427. The highest BCUT2D eigenvalue weighted by Crippen LogP contribution is 2.34. The number of aromatic nitrogens is 2. The van der Waals surface area contributed by atoms with Crippen molar-refractivity contribution in [3.8, 4) is 5.88 Å². The van der Waals surface area contributed by atoms with E-state index in [-0.39, 0.29) is 0 Å². The highest BCUT2D eigenvalue weighted by Gasteiger charge is 2.28. The molecule has 1 saturated carbocycles. The van der Waals surface area contributed by atoms with Gasteiger partial charge in [0.05, 0.1) is 7.11 Å². The van der Waals surface area contributed by atoms with Crippen molar-refractivity contribution in [3.05, 3.63) is 18.1 Å². The molecule has 1 aromatic rings. The molecule has 0 aromatic carbocycles. The van der Waals surface area contributed by atoms with E-state index in [9.17, 15) is 0 Å². The van der Waals surface area contributed by atoms with Gasteiger partial charge < -0.3 is 10.1 Å². The second-order valence-electron chi connectivity index (χ2n) is 4.86. The van der Waals surface area contributed by atoms with Gasteiger partial charge in [0.25, 0.3) is 0 Å². The standard InChI is InChI=1S/C14H23N3O/c1-3-15-12-8-6-4-5-7-11(12)13-14(18-2)17-10-9-16-13/h9-12,15H,3-8H2,1-2H3. The summed E-state index contributed by atoms with van der Waals surface area (Å²) in [6.07, 6.45) is 9.75. The fourth-order valence-electron chi connectivity index (χ4n) is 2.89. The Bertz CT molecular complexity index is 370. The van der Waals surface area contributed by atoms with E-state index in [1.54, 1.807) is 19.5 Å². The predicted octanol–water partition coefficient (Wildman–Crippen LogP) is 2.51. The Morgan fingerprint density at radius 1 is 1.22 bits per heavy atom. The number of nitrogens with zero attached hydrogens (tertiary/aromatic N) is 2. The topological polar surface area (TPSA) is 47.0 Å². The second kappa shape index (κ2) is 6.69. The number of hydrogen-bond acceptors (Lipinski definition) is 4. The van der Waals surface area contributed by atoms with Crippen LogP contribution in [0, 0.1) is 0 Å². The van der Waals surface area contributed by atoms with Crippen molar-refractivity contribution >= 4 is 0 Å². The first-order chi connectivity index (χ1) is 8.86. The lowest BCUT2D eigenvalue weighted by atomic mass is 9.91. The number of nitrogens with one attached hydrogen (secondary N) is 1. The largest absolute Gasteiger partial charge is 0.480 e. The molecule has 1 aromatic heterocycles. The Balaban J connectivity index is 2.25. The molecule has 1 fully saturated rings. The molecular weight excluding hydrogens is 226 g/mol. The molecule has 1 N–H and O–H groups in total. The Kier molecular flexibility index (Phi) is 4.93. The lowest BCUT2D eigenvalue weighted by Crippen LogP contribution is -2.34. The van der Waals surface area contributed by atoms with Gasteiger partial charge in [-0.15, -0.1) is 0 Å². The first kappa shape index (κ1) is 13.3. The van der Waals surface area contributed by atoms with Gasteiger partial charge in [-0.3, -0.25) is 4.98 Å². The fraction of sp³-hybridized carbons (Fsp3) is 0.714. The monoisotopic (exact) mass is 249 g/mol. The van der Waals surface area contributed by atoms with Crippen molar-refractivity contribution in [3.63, 3.8) is 0 Å². The van der Waals surface area contributed by atoms with E-state index in [4.69, 9.17) is 4.74 Å². The van der Waals surface area contributed by atoms with Crippen LogP contribution in [-0.2, 0) is 0 Å². The van der Waals surface area contributed by atoms with Crippen LogP contribution in [0.2, 0.25) is 0 Å². The summed E-state index contributed by atoms with van der Waals surface area (Å²) in [6.45, 7) is 3.17. The molecule has 4 heteroatoms. The summed E-state index contributed by atoms with van der Waals surface area (Å²) in [4.78, 5) is 8.80. The van der Waals surface area contributed by atoms with Crippen LogP contribution in [0.1, 0.15) is 50.6 Å². The number of likely N-dealkylation sites (N-methyl/N-ethyl adjacent to an activating group) is 1. The molecule has 0 bridgehead atoms. The normalized spacial score (nSPS) is 24.6. The maximum atomic E-state index is 5.36. The summed E-state index contributed by atoms with van der Waals surface area (Å²) in [5, 5.41) is 3.60. The first-order valence-electron chi connectivity index (χ1n) is 6.95. The molecular formula is C14H23N3O. The van der Waals surface area contributed by atoms with Gasteiger partial charge in [0.15, 0.2) is 0 Å². The minimum atomic E-state index is 0.427. The summed E-state index contributed by atoms with van der Waals surface area (Å²) in [5.41, 5.74) is 1.02. The highest BCUT2D eigenvalue weighted by atomic mass is 16.5. The van der Waals surface area contributed by atoms with Crippen molar-refractivity contribution in [2.75, 3.05) is 13.7 Å². The third kappa shape index (κ3) is 2.99. The first-order valence-corrected chi connectivity index (χ1v) is 6.95. The van der Waals surface area contributed by atoms with E-state index in [0.717, 1.165) is 12.2 Å². The van der Waals surface area contributed by atoms with Crippen LogP contribution in [-0.4, -0.2) is 29.7 Å². The van der Waals surface area contributed by atoms with E-state index in [2.05, 4.69) is 22.2 Å². The maximum Gasteiger partial charge on any atom is 0.235 e. The van der Waals surface area contributed by atoms with Crippen LogP contribution in [0.4, 0.5) is 0 Å². The zero-order chi connectivity index (χ0) is 12.8. The van der Waals surface area contributed by atoms with Gasteiger partial charge >= 0.3 is 0 Å². The second-order valence-corrected chi connectivity index (χ2v) is 4.86. The van der Waals surface area contributed by atoms with Gasteiger partial charge in [-0.2, -0.15) is 0 Å². The molecule has 2 unspecified atom stereocenters. The number of hydrogen-bond donors (Lipinski definition) is 1. The van der Waals surface area contributed by atoms with Gasteiger partial charge in [0.2, 0.25) is 5.88 Å². The van der Waals surface area contributed by atoms with Gasteiger partial charge in [0.1, 0.15) is 5.69 Å². The molecule has 0 amide bonds. The van der Waals surface area contributed by atoms with E-state index < -0.39 is 0 Å². The third-order valence-corrected chi connectivity index (χ3v) is 3.72. The van der Waals surface area contributed by atoms with Crippen LogP contribution in [0.5, 0.6) is 5.88 Å². The van der Waals surface area contributed by atoms with Crippen molar-refractivity contribution in [1.29, 1.82) is 0 Å². The average molecular weight is 249 g/mol. The molecule has 0 saturated heterocycles. The van der Waals surface area contributed by atoms with Crippen molar-refractivity contribution in [1.82, 2.24) is 15.3 Å². The summed E-state index contributed by atoms with van der Waals surface area (Å²) in [7, 11) is 1.67. The molecule has 1 aliphatic carbocycles. The number of rotatable bonds is 4. The Hall–Kier alpha value is -1.16. The molecule has 4 nitrogen and oxygen atoms in total. The van der Waals surface area contributed by atoms with Crippen LogP contribution < -0.4 is 10.1 Å². The summed E-state index contributed by atoms with van der Waals surface area (Å²) >= 11 is 0. The average Bonchev–Trinajstić information content (AvgIpc) is 2.65. The van der Waals surface area contributed by atoms with E-state index in [0.29, 0.717) is 17.8 Å². The molecule has 2 rings (SSSR count). The molecule has 0 aliphatic heterocycles. The quantitative estimate of drug-likeness (QED) is 0.833. The Morgan fingerprint density at radius 2 is 2.00 bits per heavy atom. The molecule has 0 spiro atoms. The van der Waals surface area contributed by atoms with Gasteiger partial charge in [0, 0.05) is 24.4 Å². The fourth-order valence-corrected chi connectivity index (χ4v) is 2.89. The molecule has 0 radical (unpaired) electrons. The van der Waals surface area contributed by atoms with Gasteiger partial charge in [-0.25, -0.2) is 4.98 Å². The lowest BCUT2D eigenvalue weighted by molar-refractivity contribution is 0.360. The van der Waals surface area contributed by atoms with Gasteiger partial charge in [-0.05, 0) is 19.4 Å². The molecule has 1 aliphatic rings. The summed E-state index contributed by atoms with van der Waals surface area (Å²) in [5.74, 6) is 1.11. The highest BCUT2D eigenvalue weighted by molar-refractivity contribution is 5.23. The molecule has 1 heterocycles. The van der Waals surface area contributed by atoms with Crippen molar-refractivity contribution in [2.45, 2.75) is 51.0 Å². The van der Waals surface area contributed by atoms with Crippen molar-refractivity contribution in [2.24, 2.45) is 0 Å². The number of ether oxygens (including phenoxy) is 1. The third-order valence-electron chi connectivity index (χ3n) is 3.72. The zero-order valence-electron chi connectivity index (χ0n) is 11.4. The van der Waals surface area contributed by atoms with E-state index in [1.165, 1.54) is 32.1 Å². The molecule has 100 valence electrons. The Labute approximate surface area is 109 Å². The molecule has 18 heavy (non-hydrogen) atoms. The molecule has 2 atom stereocenters. The SMILES string of the molecule is CCNC1CCCCCC1c1nccnc1OC.